The Morgan fingerprint density at radius 3 is 2.21 bits per heavy atom. The lowest BCUT2D eigenvalue weighted by atomic mass is 10.1. The third-order valence-electron chi connectivity index (χ3n) is 3.44. The molecule has 0 N–H and O–H groups in total. The van der Waals surface area contributed by atoms with Crippen LogP contribution in [0.4, 0.5) is 5.69 Å². The predicted molar refractivity (Wildman–Crippen MR) is 89.5 cm³/mol. The highest BCUT2D eigenvalue weighted by atomic mass is 16.6. The summed E-state index contributed by atoms with van der Waals surface area (Å²) in [5.74, 6) is 0.670. The highest BCUT2D eigenvalue weighted by Gasteiger charge is 2.11. The molecule has 24 heavy (non-hydrogen) atoms. The number of hydrogen-bond acceptors (Lipinski definition) is 5. The van der Waals surface area contributed by atoms with E-state index in [0.29, 0.717) is 11.5 Å². The van der Waals surface area contributed by atoms with Crippen LogP contribution in [0.1, 0.15) is 23.1 Å². The van der Waals surface area contributed by atoms with Gasteiger partial charge < -0.3 is 9.47 Å². The number of hydrogen-bond donors (Lipinski definition) is 0. The van der Waals surface area contributed by atoms with Gasteiger partial charge in [0, 0.05) is 12.1 Å². The number of rotatable bonds is 6. The maximum atomic E-state index is 11.9. The Hall–Kier alpha value is -2.89. The molecule has 0 bridgehead atoms. The molecule has 6 nitrogen and oxygen atoms in total. The number of nitro benzene ring substituents is 1. The lowest BCUT2D eigenvalue weighted by Gasteiger charge is -2.12. The summed E-state index contributed by atoms with van der Waals surface area (Å²) in [6, 6.07) is 9.63. The second-order valence-corrected chi connectivity index (χ2v) is 5.55. The van der Waals surface area contributed by atoms with Crippen molar-refractivity contribution in [2.24, 2.45) is 0 Å². The number of non-ortho nitro benzene ring substituents is 1. The molecule has 0 aromatic heterocycles. The number of carbonyl (C=O) groups is 1. The van der Waals surface area contributed by atoms with Crippen LogP contribution in [0.2, 0.25) is 0 Å². The molecule has 0 heterocycles. The monoisotopic (exact) mass is 329 g/mol. The average molecular weight is 329 g/mol. The Morgan fingerprint density at radius 1 is 1.08 bits per heavy atom. The molecular weight excluding hydrogens is 310 g/mol. The van der Waals surface area contributed by atoms with E-state index in [1.807, 2.05) is 32.9 Å². The fraction of sp³-hybridized carbons (Fsp3) is 0.278. The summed E-state index contributed by atoms with van der Waals surface area (Å²) < 4.78 is 10.8. The van der Waals surface area contributed by atoms with Crippen LogP contribution in [-0.2, 0) is 4.79 Å². The van der Waals surface area contributed by atoms with Crippen molar-refractivity contribution in [2.75, 3.05) is 6.61 Å². The van der Waals surface area contributed by atoms with E-state index in [-0.39, 0.29) is 24.7 Å². The summed E-state index contributed by atoms with van der Waals surface area (Å²) in [7, 11) is 0. The molecule has 6 heteroatoms. The Morgan fingerprint density at radius 2 is 1.67 bits per heavy atom. The van der Waals surface area contributed by atoms with E-state index in [1.165, 1.54) is 24.3 Å². The number of ether oxygens (including phenoxy) is 2. The third-order valence-corrected chi connectivity index (χ3v) is 3.44. The number of esters is 1. The molecule has 0 atom stereocenters. The van der Waals surface area contributed by atoms with E-state index < -0.39 is 4.92 Å². The number of nitro groups is 1. The van der Waals surface area contributed by atoms with Gasteiger partial charge in [0.15, 0.2) is 0 Å². The van der Waals surface area contributed by atoms with E-state index in [9.17, 15) is 14.9 Å². The first-order valence-electron chi connectivity index (χ1n) is 7.52. The van der Waals surface area contributed by atoms with Crippen molar-refractivity contribution in [3.8, 4) is 11.5 Å². The quantitative estimate of drug-likeness (QED) is 0.348. The van der Waals surface area contributed by atoms with Crippen LogP contribution < -0.4 is 9.47 Å². The van der Waals surface area contributed by atoms with Crippen LogP contribution in [-0.4, -0.2) is 17.5 Å². The molecule has 0 aliphatic heterocycles. The Kier molecular flexibility index (Phi) is 5.52. The molecule has 2 aromatic carbocycles. The van der Waals surface area contributed by atoms with E-state index in [4.69, 9.17) is 9.47 Å². The highest BCUT2D eigenvalue weighted by molar-refractivity contribution is 5.73. The van der Waals surface area contributed by atoms with Gasteiger partial charge in [-0.25, -0.2) is 0 Å². The van der Waals surface area contributed by atoms with Crippen molar-refractivity contribution in [3.63, 3.8) is 0 Å². The van der Waals surface area contributed by atoms with Gasteiger partial charge in [-0.3, -0.25) is 14.9 Å². The summed E-state index contributed by atoms with van der Waals surface area (Å²) in [6.07, 6.45) is 0.0870. The van der Waals surface area contributed by atoms with Gasteiger partial charge in [0.05, 0.1) is 18.0 Å². The Labute approximate surface area is 140 Å². The molecule has 0 saturated heterocycles. The smallest absolute Gasteiger partial charge is 0.314 e. The number of benzene rings is 2. The number of carbonyl (C=O) groups excluding carboxylic acids is 1. The fourth-order valence-electron chi connectivity index (χ4n) is 2.41. The van der Waals surface area contributed by atoms with E-state index >= 15 is 0 Å². The molecule has 0 amide bonds. The van der Waals surface area contributed by atoms with Crippen molar-refractivity contribution in [3.05, 3.63) is 63.2 Å². The van der Waals surface area contributed by atoms with Gasteiger partial charge in [0.25, 0.3) is 5.69 Å². The van der Waals surface area contributed by atoms with Crippen LogP contribution in [0.5, 0.6) is 11.5 Å². The molecule has 0 fully saturated rings. The molecule has 2 aromatic rings. The molecule has 0 aliphatic carbocycles. The van der Waals surface area contributed by atoms with Gasteiger partial charge in [-0.1, -0.05) is 17.7 Å². The maximum Gasteiger partial charge on any atom is 0.314 e. The van der Waals surface area contributed by atoms with Crippen molar-refractivity contribution >= 4 is 11.7 Å². The topological polar surface area (TPSA) is 78.7 Å². The van der Waals surface area contributed by atoms with Crippen LogP contribution in [0.25, 0.3) is 0 Å². The maximum absolute atomic E-state index is 11.9. The van der Waals surface area contributed by atoms with Gasteiger partial charge in [0.1, 0.15) is 11.5 Å². The van der Waals surface area contributed by atoms with Gasteiger partial charge >= 0.3 is 5.97 Å². The lowest BCUT2D eigenvalue weighted by Crippen LogP contribution is -2.14. The van der Waals surface area contributed by atoms with Gasteiger partial charge in [-0.05, 0) is 44.0 Å². The van der Waals surface area contributed by atoms with Crippen molar-refractivity contribution in [2.45, 2.75) is 27.2 Å². The highest BCUT2D eigenvalue weighted by Crippen LogP contribution is 2.25. The van der Waals surface area contributed by atoms with Crippen molar-refractivity contribution < 1.29 is 19.2 Å². The zero-order chi connectivity index (χ0) is 17.7. The summed E-state index contributed by atoms with van der Waals surface area (Å²) >= 11 is 0. The molecule has 126 valence electrons. The summed E-state index contributed by atoms with van der Waals surface area (Å²) in [6.45, 7) is 5.93. The molecule has 0 aliphatic rings. The Bertz CT molecular complexity index is 729. The summed E-state index contributed by atoms with van der Waals surface area (Å²) in [5, 5.41) is 10.6. The first kappa shape index (κ1) is 17.5. The van der Waals surface area contributed by atoms with Gasteiger partial charge in [0.2, 0.25) is 0 Å². The minimum Gasteiger partial charge on any atom is -0.493 e. The molecule has 0 saturated carbocycles. The minimum atomic E-state index is -0.479. The largest absolute Gasteiger partial charge is 0.493 e. The van der Waals surface area contributed by atoms with Crippen LogP contribution in [0, 0.1) is 30.9 Å². The predicted octanol–water partition coefficient (Wildman–Crippen LogP) is 3.89. The lowest BCUT2D eigenvalue weighted by molar-refractivity contribution is -0.384. The number of nitrogens with zero attached hydrogens (tertiary/aromatic N) is 1. The first-order chi connectivity index (χ1) is 11.4. The zero-order valence-corrected chi connectivity index (χ0v) is 13.9. The molecular formula is C18H19NO5. The van der Waals surface area contributed by atoms with Crippen molar-refractivity contribution in [1.29, 1.82) is 0 Å². The van der Waals surface area contributed by atoms with Crippen LogP contribution in [0.3, 0.4) is 0 Å². The Balaban J connectivity index is 1.86. The first-order valence-corrected chi connectivity index (χ1v) is 7.52. The second-order valence-electron chi connectivity index (χ2n) is 5.55. The summed E-state index contributed by atoms with van der Waals surface area (Å²) in [4.78, 5) is 22.0. The van der Waals surface area contributed by atoms with Crippen LogP contribution in [0.15, 0.2) is 36.4 Å². The number of aryl methyl sites for hydroxylation is 3. The van der Waals surface area contributed by atoms with E-state index in [1.54, 1.807) is 0 Å². The second kappa shape index (κ2) is 7.59. The standard InChI is InChI=1S/C18H19NO5/c1-12-10-13(2)18(14(3)11-12)24-17(20)8-9-23-16-6-4-15(5-7-16)19(21)22/h4-7,10-11H,8-9H2,1-3H3. The van der Waals surface area contributed by atoms with E-state index in [2.05, 4.69) is 0 Å². The molecule has 2 rings (SSSR count). The third kappa shape index (κ3) is 4.55. The minimum absolute atomic E-state index is 0.00733. The summed E-state index contributed by atoms with van der Waals surface area (Å²) in [5.41, 5.74) is 2.94. The van der Waals surface area contributed by atoms with E-state index in [0.717, 1.165) is 16.7 Å². The SMILES string of the molecule is Cc1cc(C)c(OC(=O)CCOc2ccc([N+](=O)[O-])cc2)c(C)c1. The zero-order valence-electron chi connectivity index (χ0n) is 13.9. The molecule has 0 spiro atoms. The van der Waals surface area contributed by atoms with Crippen LogP contribution >= 0.6 is 0 Å². The fourth-order valence-corrected chi connectivity index (χ4v) is 2.41. The van der Waals surface area contributed by atoms with Crippen molar-refractivity contribution in [1.82, 2.24) is 0 Å². The normalized spacial score (nSPS) is 10.3. The van der Waals surface area contributed by atoms with Gasteiger partial charge in [-0.15, -0.1) is 0 Å². The average Bonchev–Trinajstić information content (AvgIpc) is 2.51. The molecule has 0 unspecified atom stereocenters. The van der Waals surface area contributed by atoms with Gasteiger partial charge in [-0.2, -0.15) is 0 Å². The molecule has 0 radical (unpaired) electrons.